The number of rotatable bonds is 6. The van der Waals surface area contributed by atoms with E-state index in [4.69, 9.17) is 4.42 Å². The molecule has 1 unspecified atom stereocenters. The number of nitrogens with one attached hydrogen (secondary N) is 1. The molecule has 2 aromatic heterocycles. The zero-order chi connectivity index (χ0) is 15.0. The van der Waals surface area contributed by atoms with Crippen LogP contribution in [0.3, 0.4) is 0 Å². The lowest BCUT2D eigenvalue weighted by Crippen LogP contribution is -2.26. The number of hydrogen-bond donors (Lipinski definition) is 2. The van der Waals surface area contributed by atoms with Gasteiger partial charge in [-0.1, -0.05) is 0 Å². The zero-order valence-corrected chi connectivity index (χ0v) is 12.5. The summed E-state index contributed by atoms with van der Waals surface area (Å²) in [6, 6.07) is 4.83. The van der Waals surface area contributed by atoms with E-state index >= 15 is 0 Å². The minimum Gasteiger partial charge on any atom is -0.468 e. The van der Waals surface area contributed by atoms with Gasteiger partial charge in [0.15, 0.2) is 0 Å². The Kier molecular flexibility index (Phi) is 3.64. The van der Waals surface area contributed by atoms with E-state index in [1.165, 1.54) is 12.3 Å². The Bertz CT molecular complexity index is 714. The van der Waals surface area contributed by atoms with Gasteiger partial charge in [-0.3, -0.25) is 0 Å². The molecule has 1 atom stereocenters. The first-order valence-electron chi connectivity index (χ1n) is 6.88. The van der Waals surface area contributed by atoms with Crippen LogP contribution in [0.1, 0.15) is 43.3 Å². The Morgan fingerprint density at radius 1 is 1.52 bits per heavy atom. The molecule has 1 fully saturated rings. The molecule has 114 valence electrons. The predicted molar refractivity (Wildman–Crippen MR) is 76.1 cm³/mol. The fourth-order valence-electron chi connectivity index (χ4n) is 2.36. The van der Waals surface area contributed by atoms with Crippen molar-refractivity contribution < 1.29 is 17.9 Å². The third-order valence-corrected chi connectivity index (χ3v) is 5.13. The summed E-state index contributed by atoms with van der Waals surface area (Å²) < 4.78 is 34.5. The van der Waals surface area contributed by atoms with Crippen LogP contribution in [-0.2, 0) is 16.6 Å². The normalized spacial score (nSPS) is 17.0. The Morgan fingerprint density at radius 3 is 2.86 bits per heavy atom. The summed E-state index contributed by atoms with van der Waals surface area (Å²) in [5.74, 6) is 0.558. The first-order valence-corrected chi connectivity index (χ1v) is 8.37. The van der Waals surface area contributed by atoms with Crippen molar-refractivity contribution in [2.75, 3.05) is 0 Å². The maximum atomic E-state index is 12.4. The quantitative estimate of drug-likeness (QED) is 0.854. The summed E-state index contributed by atoms with van der Waals surface area (Å²) in [4.78, 5) is 0.178. The van der Waals surface area contributed by atoms with Crippen molar-refractivity contribution >= 4 is 10.0 Å². The second-order valence-electron chi connectivity index (χ2n) is 5.32. The van der Waals surface area contributed by atoms with Crippen LogP contribution in [0.2, 0.25) is 0 Å². The number of aliphatic hydroxyl groups is 1. The van der Waals surface area contributed by atoms with E-state index in [-0.39, 0.29) is 11.5 Å². The molecule has 2 N–H and O–H groups in total. The van der Waals surface area contributed by atoms with E-state index in [1.807, 2.05) is 4.57 Å². The molecule has 6 nitrogen and oxygen atoms in total. The van der Waals surface area contributed by atoms with E-state index in [2.05, 4.69) is 4.72 Å². The lowest BCUT2D eigenvalue weighted by molar-refractivity contribution is 0.270. The summed E-state index contributed by atoms with van der Waals surface area (Å²) in [7, 11) is -3.64. The maximum absolute atomic E-state index is 12.4. The SMILES string of the molecule is CC(NS(=O)(=O)c1cc(CO)n(C2CC2)c1)c1ccco1. The van der Waals surface area contributed by atoms with Crippen LogP contribution in [0, 0.1) is 0 Å². The Hall–Kier alpha value is -1.57. The molecule has 0 aromatic carbocycles. The molecule has 0 radical (unpaired) electrons. The van der Waals surface area contributed by atoms with Gasteiger partial charge in [0, 0.05) is 17.9 Å². The Labute approximate surface area is 123 Å². The third kappa shape index (κ3) is 2.90. The van der Waals surface area contributed by atoms with Gasteiger partial charge in [-0.2, -0.15) is 0 Å². The molecular weight excluding hydrogens is 292 g/mol. The molecular formula is C14H18N2O4S. The van der Waals surface area contributed by atoms with Gasteiger partial charge in [0.25, 0.3) is 0 Å². The van der Waals surface area contributed by atoms with Crippen molar-refractivity contribution in [3.8, 4) is 0 Å². The lowest BCUT2D eigenvalue weighted by atomic mass is 10.3. The first-order chi connectivity index (χ1) is 10.0. The molecule has 1 saturated carbocycles. The van der Waals surface area contributed by atoms with Gasteiger partial charge in [-0.25, -0.2) is 13.1 Å². The molecule has 0 saturated heterocycles. The summed E-state index contributed by atoms with van der Waals surface area (Å²) in [6.07, 6.45) is 5.16. The standard InChI is InChI=1S/C14H18N2O4S/c1-10(14-3-2-6-20-14)15-21(18,19)13-7-12(9-17)16(8-13)11-4-5-11/h2-3,6-8,10-11,15,17H,4-5,9H2,1H3. The molecule has 0 spiro atoms. The van der Waals surface area contributed by atoms with E-state index < -0.39 is 16.1 Å². The van der Waals surface area contributed by atoms with Gasteiger partial charge in [0.05, 0.1) is 18.9 Å². The van der Waals surface area contributed by atoms with Crippen molar-refractivity contribution in [1.29, 1.82) is 0 Å². The van der Waals surface area contributed by atoms with Crippen LogP contribution in [-0.4, -0.2) is 18.1 Å². The number of aromatic nitrogens is 1. The molecule has 0 bridgehead atoms. The molecule has 2 aromatic rings. The van der Waals surface area contributed by atoms with Gasteiger partial charge in [-0.05, 0) is 38.0 Å². The molecule has 21 heavy (non-hydrogen) atoms. The highest BCUT2D eigenvalue weighted by molar-refractivity contribution is 7.89. The minimum atomic E-state index is -3.64. The summed E-state index contributed by atoms with van der Waals surface area (Å²) in [5, 5.41) is 9.36. The largest absolute Gasteiger partial charge is 0.468 e. The highest BCUT2D eigenvalue weighted by Crippen LogP contribution is 2.37. The molecule has 1 aliphatic rings. The van der Waals surface area contributed by atoms with Crippen molar-refractivity contribution in [3.63, 3.8) is 0 Å². The average Bonchev–Trinajstić information content (AvgIpc) is 2.98. The molecule has 0 aliphatic heterocycles. The summed E-state index contributed by atoms with van der Waals surface area (Å²) in [5.41, 5.74) is 0.628. The van der Waals surface area contributed by atoms with Crippen LogP contribution >= 0.6 is 0 Å². The number of sulfonamides is 1. The predicted octanol–water partition coefficient (Wildman–Crippen LogP) is 1.95. The van der Waals surface area contributed by atoms with Gasteiger partial charge in [-0.15, -0.1) is 0 Å². The fraction of sp³-hybridized carbons (Fsp3) is 0.429. The summed E-state index contributed by atoms with van der Waals surface area (Å²) in [6.45, 7) is 1.56. The topological polar surface area (TPSA) is 84.5 Å². The zero-order valence-electron chi connectivity index (χ0n) is 11.7. The lowest BCUT2D eigenvalue weighted by Gasteiger charge is -2.10. The van der Waals surface area contributed by atoms with Crippen molar-refractivity contribution in [3.05, 3.63) is 42.1 Å². The van der Waals surface area contributed by atoms with Crippen LogP contribution in [0.4, 0.5) is 0 Å². The van der Waals surface area contributed by atoms with Gasteiger partial charge >= 0.3 is 0 Å². The van der Waals surface area contributed by atoms with Gasteiger partial charge in [0.2, 0.25) is 10.0 Å². The maximum Gasteiger partial charge on any atom is 0.242 e. The number of furan rings is 1. The van der Waals surface area contributed by atoms with Crippen molar-refractivity contribution in [2.24, 2.45) is 0 Å². The smallest absolute Gasteiger partial charge is 0.242 e. The molecule has 3 rings (SSSR count). The van der Waals surface area contributed by atoms with E-state index in [0.29, 0.717) is 17.5 Å². The highest BCUT2D eigenvalue weighted by Gasteiger charge is 2.28. The number of nitrogens with zero attached hydrogens (tertiary/aromatic N) is 1. The second kappa shape index (κ2) is 5.32. The Balaban J connectivity index is 1.84. The fourth-order valence-corrected chi connectivity index (χ4v) is 3.62. The van der Waals surface area contributed by atoms with Crippen LogP contribution in [0.5, 0.6) is 0 Å². The third-order valence-electron chi connectivity index (χ3n) is 3.62. The van der Waals surface area contributed by atoms with Crippen molar-refractivity contribution in [1.82, 2.24) is 9.29 Å². The van der Waals surface area contributed by atoms with Crippen LogP contribution in [0.25, 0.3) is 0 Å². The Morgan fingerprint density at radius 2 is 2.29 bits per heavy atom. The van der Waals surface area contributed by atoms with E-state index in [1.54, 1.807) is 25.3 Å². The first kappa shape index (κ1) is 14.4. The highest BCUT2D eigenvalue weighted by atomic mass is 32.2. The second-order valence-corrected chi connectivity index (χ2v) is 7.04. The molecule has 2 heterocycles. The van der Waals surface area contributed by atoms with E-state index in [0.717, 1.165) is 12.8 Å². The molecule has 7 heteroatoms. The number of hydrogen-bond acceptors (Lipinski definition) is 4. The van der Waals surface area contributed by atoms with Crippen LogP contribution < -0.4 is 4.72 Å². The molecule has 0 amide bonds. The monoisotopic (exact) mass is 310 g/mol. The average molecular weight is 310 g/mol. The van der Waals surface area contributed by atoms with E-state index in [9.17, 15) is 13.5 Å². The minimum absolute atomic E-state index is 0.167. The van der Waals surface area contributed by atoms with Crippen molar-refractivity contribution in [2.45, 2.75) is 43.4 Å². The summed E-state index contributed by atoms with van der Waals surface area (Å²) >= 11 is 0. The molecule has 1 aliphatic carbocycles. The number of aliphatic hydroxyl groups excluding tert-OH is 1. The van der Waals surface area contributed by atoms with Crippen LogP contribution in [0.15, 0.2) is 40.0 Å². The van der Waals surface area contributed by atoms with Gasteiger partial charge in [0.1, 0.15) is 10.7 Å². The van der Waals surface area contributed by atoms with Gasteiger partial charge < -0.3 is 14.1 Å².